The molecule has 2 amide bonds. The summed E-state index contributed by atoms with van der Waals surface area (Å²) in [6.45, 7) is 2.43. The van der Waals surface area contributed by atoms with Gasteiger partial charge in [0.25, 0.3) is 11.5 Å². The fraction of sp³-hybridized carbons (Fsp3) is 0.625. The van der Waals surface area contributed by atoms with Crippen molar-refractivity contribution >= 4 is 17.7 Å². The molecule has 0 unspecified atom stereocenters. The highest BCUT2D eigenvalue weighted by Gasteiger charge is 2.25. The van der Waals surface area contributed by atoms with Crippen molar-refractivity contribution in [3.63, 3.8) is 0 Å². The van der Waals surface area contributed by atoms with Gasteiger partial charge in [-0.1, -0.05) is 13.3 Å². The summed E-state index contributed by atoms with van der Waals surface area (Å²) in [6, 6.07) is -0.124. The molecule has 1 fully saturated rings. The zero-order valence-electron chi connectivity index (χ0n) is 14.7. The summed E-state index contributed by atoms with van der Waals surface area (Å²) >= 11 is 0. The van der Waals surface area contributed by atoms with Crippen molar-refractivity contribution in [2.45, 2.75) is 57.5 Å². The van der Waals surface area contributed by atoms with Crippen LogP contribution in [0.4, 0.5) is 10.5 Å². The van der Waals surface area contributed by atoms with Crippen molar-refractivity contribution in [3.8, 4) is 0 Å². The van der Waals surface area contributed by atoms with Crippen LogP contribution in [-0.2, 0) is 4.74 Å². The Morgan fingerprint density at radius 3 is 2.35 bits per heavy atom. The van der Waals surface area contributed by atoms with E-state index in [0.29, 0.717) is 32.3 Å². The monoisotopic (exact) mass is 367 g/mol. The molecule has 1 aliphatic carbocycles. The summed E-state index contributed by atoms with van der Waals surface area (Å²) in [4.78, 5) is 50.9. The first kappa shape index (κ1) is 19.5. The van der Waals surface area contributed by atoms with Gasteiger partial charge in [0.2, 0.25) is 0 Å². The van der Waals surface area contributed by atoms with Crippen LogP contribution < -0.4 is 27.6 Å². The van der Waals surface area contributed by atoms with Crippen LogP contribution in [0.5, 0.6) is 0 Å². The second kappa shape index (κ2) is 9.07. The summed E-state index contributed by atoms with van der Waals surface area (Å²) in [5.41, 5.74) is 3.40. The molecule has 1 aliphatic rings. The fourth-order valence-corrected chi connectivity index (χ4v) is 2.83. The molecule has 26 heavy (non-hydrogen) atoms. The second-order valence-electron chi connectivity index (χ2n) is 6.35. The molecule has 0 radical (unpaired) electrons. The number of anilines is 1. The highest BCUT2D eigenvalue weighted by atomic mass is 16.5. The summed E-state index contributed by atoms with van der Waals surface area (Å²) < 4.78 is 5.07. The number of amides is 2. The SMILES string of the molecule is CCCCOC(=O)N[C@H]1CC[C@@H](NC(=O)c2[nH]c(=O)[nH]c(=O)c2N)CC1. The smallest absolute Gasteiger partial charge is 0.407 e. The molecular formula is C16H25N5O5. The first-order valence-corrected chi connectivity index (χ1v) is 8.77. The third-order valence-corrected chi connectivity index (χ3v) is 4.32. The fourth-order valence-electron chi connectivity index (χ4n) is 2.83. The number of H-pyrrole nitrogens is 2. The van der Waals surface area contributed by atoms with E-state index >= 15 is 0 Å². The number of carbonyl (C=O) groups is 2. The Kier molecular flexibility index (Phi) is 6.81. The largest absolute Gasteiger partial charge is 0.450 e. The van der Waals surface area contributed by atoms with Crippen LogP contribution in [0.15, 0.2) is 9.59 Å². The molecule has 0 bridgehead atoms. The minimum atomic E-state index is -0.798. The number of hydrogen-bond donors (Lipinski definition) is 5. The van der Waals surface area contributed by atoms with Crippen molar-refractivity contribution in [2.75, 3.05) is 12.3 Å². The Hall–Kier alpha value is -2.78. The normalized spacial score (nSPS) is 19.6. The van der Waals surface area contributed by atoms with E-state index in [9.17, 15) is 19.2 Å². The van der Waals surface area contributed by atoms with Gasteiger partial charge in [-0.3, -0.25) is 14.6 Å². The van der Waals surface area contributed by atoms with Gasteiger partial charge in [0.05, 0.1) is 6.61 Å². The number of aromatic amines is 2. The highest BCUT2D eigenvalue weighted by Crippen LogP contribution is 2.19. The van der Waals surface area contributed by atoms with E-state index in [0.717, 1.165) is 12.8 Å². The predicted molar refractivity (Wildman–Crippen MR) is 95.0 cm³/mol. The molecular weight excluding hydrogens is 342 g/mol. The molecule has 0 aliphatic heterocycles. The first-order valence-electron chi connectivity index (χ1n) is 8.77. The Bertz CT molecular complexity index is 748. The predicted octanol–water partition coefficient (Wildman–Crippen LogP) is 0.213. The van der Waals surface area contributed by atoms with Gasteiger partial charge in [-0.15, -0.1) is 0 Å². The molecule has 0 saturated heterocycles. The van der Waals surface area contributed by atoms with E-state index in [-0.39, 0.29) is 23.5 Å². The summed E-state index contributed by atoms with van der Waals surface area (Å²) in [5, 5.41) is 5.58. The number of nitrogen functional groups attached to an aromatic ring is 1. The number of aromatic nitrogens is 2. The van der Waals surface area contributed by atoms with E-state index < -0.39 is 23.2 Å². The zero-order valence-corrected chi connectivity index (χ0v) is 14.7. The maximum atomic E-state index is 12.2. The lowest BCUT2D eigenvalue weighted by atomic mass is 9.91. The summed E-state index contributed by atoms with van der Waals surface area (Å²) in [5.74, 6) is -0.596. The lowest BCUT2D eigenvalue weighted by Crippen LogP contribution is -2.45. The molecule has 0 spiro atoms. The van der Waals surface area contributed by atoms with Crippen LogP contribution in [-0.4, -0.2) is 40.7 Å². The van der Waals surface area contributed by atoms with Gasteiger partial charge in [-0.25, -0.2) is 9.59 Å². The number of hydrogen-bond acceptors (Lipinski definition) is 6. The number of ether oxygens (including phenoxy) is 1. The summed E-state index contributed by atoms with van der Waals surface area (Å²) in [7, 11) is 0. The van der Waals surface area contributed by atoms with Gasteiger partial charge in [-0.05, 0) is 32.1 Å². The Labute approximate surface area is 149 Å². The number of alkyl carbamates (subject to hydrolysis) is 1. The first-order chi connectivity index (χ1) is 12.4. The summed E-state index contributed by atoms with van der Waals surface area (Å²) in [6.07, 6.45) is 4.06. The maximum absolute atomic E-state index is 12.2. The number of rotatable bonds is 6. The molecule has 2 rings (SSSR count). The molecule has 1 aromatic heterocycles. The number of nitrogens with one attached hydrogen (secondary N) is 4. The van der Waals surface area contributed by atoms with Crippen LogP contribution >= 0.6 is 0 Å². The van der Waals surface area contributed by atoms with Crippen molar-refractivity contribution in [1.82, 2.24) is 20.6 Å². The molecule has 10 nitrogen and oxygen atoms in total. The molecule has 1 heterocycles. The van der Waals surface area contributed by atoms with E-state index in [2.05, 4.69) is 15.6 Å². The van der Waals surface area contributed by atoms with Crippen LogP contribution in [0, 0.1) is 0 Å². The second-order valence-corrected chi connectivity index (χ2v) is 6.35. The van der Waals surface area contributed by atoms with Gasteiger partial charge >= 0.3 is 11.8 Å². The molecule has 10 heteroatoms. The van der Waals surface area contributed by atoms with Crippen molar-refractivity contribution in [1.29, 1.82) is 0 Å². The van der Waals surface area contributed by atoms with Crippen molar-refractivity contribution < 1.29 is 14.3 Å². The Morgan fingerprint density at radius 2 is 1.73 bits per heavy atom. The minimum Gasteiger partial charge on any atom is -0.450 e. The standard InChI is InChI=1S/C16H25N5O5/c1-2-3-8-26-16(25)19-10-6-4-9(5-7-10)18-14(23)12-11(17)13(22)21-15(24)20-12/h9-10H,2-8,17H2,1H3,(H,18,23)(H,19,25)(H2,20,21,22,24)/t9-,10+. The van der Waals surface area contributed by atoms with E-state index in [1.807, 2.05) is 11.9 Å². The Morgan fingerprint density at radius 1 is 1.12 bits per heavy atom. The van der Waals surface area contributed by atoms with Crippen LogP contribution in [0.2, 0.25) is 0 Å². The van der Waals surface area contributed by atoms with Gasteiger partial charge in [0.1, 0.15) is 11.4 Å². The quantitative estimate of drug-likeness (QED) is 0.452. The van der Waals surface area contributed by atoms with Crippen LogP contribution in [0.25, 0.3) is 0 Å². The molecule has 144 valence electrons. The number of nitrogens with two attached hydrogens (primary N) is 1. The lowest BCUT2D eigenvalue weighted by Gasteiger charge is -2.29. The van der Waals surface area contributed by atoms with Crippen LogP contribution in [0.1, 0.15) is 55.9 Å². The molecule has 0 aromatic carbocycles. The van der Waals surface area contributed by atoms with Gasteiger partial charge in [-0.2, -0.15) is 0 Å². The van der Waals surface area contributed by atoms with Gasteiger partial charge in [0, 0.05) is 12.1 Å². The van der Waals surface area contributed by atoms with E-state index in [1.54, 1.807) is 0 Å². The zero-order chi connectivity index (χ0) is 19.1. The average molecular weight is 367 g/mol. The molecule has 1 aromatic rings. The van der Waals surface area contributed by atoms with Crippen LogP contribution in [0.3, 0.4) is 0 Å². The third kappa shape index (κ3) is 5.36. The molecule has 0 atom stereocenters. The number of carbonyl (C=O) groups excluding carboxylic acids is 2. The van der Waals surface area contributed by atoms with E-state index in [1.165, 1.54) is 0 Å². The topological polar surface area (TPSA) is 159 Å². The van der Waals surface area contributed by atoms with Gasteiger partial charge < -0.3 is 26.1 Å². The number of unbranched alkanes of at least 4 members (excludes halogenated alkanes) is 1. The lowest BCUT2D eigenvalue weighted by molar-refractivity contribution is 0.0916. The third-order valence-electron chi connectivity index (χ3n) is 4.32. The van der Waals surface area contributed by atoms with E-state index in [4.69, 9.17) is 10.5 Å². The van der Waals surface area contributed by atoms with Gasteiger partial charge in [0.15, 0.2) is 0 Å². The molecule has 1 saturated carbocycles. The Balaban J connectivity index is 1.82. The average Bonchev–Trinajstić information content (AvgIpc) is 2.60. The highest BCUT2D eigenvalue weighted by molar-refractivity contribution is 5.96. The van der Waals surface area contributed by atoms with Crippen molar-refractivity contribution in [2.24, 2.45) is 0 Å². The minimum absolute atomic E-state index is 0.00160. The molecule has 6 N–H and O–H groups in total. The maximum Gasteiger partial charge on any atom is 0.407 e. The van der Waals surface area contributed by atoms with Crippen molar-refractivity contribution in [3.05, 3.63) is 26.5 Å².